The Morgan fingerprint density at radius 3 is 2.00 bits per heavy atom. The van der Waals surface area contributed by atoms with Gasteiger partial charge in [0.1, 0.15) is 12.8 Å². The molecule has 0 saturated carbocycles. The smallest absolute Gasteiger partial charge is 0.0402 e. The highest BCUT2D eigenvalue weighted by Gasteiger charge is 1.96. The average Bonchev–Trinajstić information content (AvgIpc) is 1.76. The minimum Gasteiger partial charge on any atom is -0.0402 e. The fourth-order valence-electron chi connectivity index (χ4n) is 0.481. The number of hydrogen-bond acceptors (Lipinski definition) is 0. The molecule has 0 nitrogen and oxygen atoms in total. The molecule has 0 heteroatoms. The van der Waals surface area contributed by atoms with E-state index in [9.17, 15) is 0 Å². The highest BCUT2D eigenvalue weighted by Crippen LogP contribution is 2.03. The van der Waals surface area contributed by atoms with Crippen LogP contribution in [0.3, 0.4) is 0 Å². The van der Waals surface area contributed by atoms with E-state index in [4.69, 9.17) is 0 Å². The molecule has 0 aliphatic heterocycles. The van der Waals surface area contributed by atoms with Gasteiger partial charge in [0.25, 0.3) is 0 Å². The summed E-state index contributed by atoms with van der Waals surface area (Å²) >= 11 is 0. The standard InChI is InChI=1S/C5H7/c1-2-4-5-3-1/h1-2,5H,3-4H2/q+1. The van der Waals surface area contributed by atoms with Gasteiger partial charge < -0.3 is 0 Å². The Hall–Kier alpha value is -0.390. The van der Waals surface area contributed by atoms with Gasteiger partial charge in [-0.3, -0.25) is 0 Å². The van der Waals surface area contributed by atoms with E-state index in [0.29, 0.717) is 0 Å². The molecule has 0 spiro atoms. The molecule has 0 aromatic carbocycles. The molecule has 0 aromatic rings. The van der Waals surface area contributed by atoms with Crippen molar-refractivity contribution in [2.45, 2.75) is 12.8 Å². The molecule has 0 amide bonds. The number of allylic oxidation sites excluding steroid dienone is 2. The Morgan fingerprint density at radius 2 is 1.80 bits per heavy atom. The van der Waals surface area contributed by atoms with Crippen molar-refractivity contribution in [1.29, 1.82) is 0 Å². The van der Waals surface area contributed by atoms with Crippen LogP contribution in [0.15, 0.2) is 12.2 Å². The highest BCUT2D eigenvalue weighted by atomic mass is 13.9. The van der Waals surface area contributed by atoms with Crippen LogP contribution in [0, 0.1) is 6.42 Å². The first kappa shape index (κ1) is 2.83. The predicted molar refractivity (Wildman–Crippen MR) is 22.7 cm³/mol. The lowest BCUT2D eigenvalue weighted by atomic mass is 10.4. The summed E-state index contributed by atoms with van der Waals surface area (Å²) in [6.07, 6.45) is 9.00. The van der Waals surface area contributed by atoms with Crippen molar-refractivity contribution in [1.82, 2.24) is 0 Å². The molecule has 0 saturated heterocycles. The molecule has 0 atom stereocenters. The van der Waals surface area contributed by atoms with Crippen LogP contribution < -0.4 is 0 Å². The molecule has 0 fully saturated rings. The second-order valence-corrected chi connectivity index (χ2v) is 1.23. The summed E-state index contributed by atoms with van der Waals surface area (Å²) in [4.78, 5) is 0. The predicted octanol–water partition coefficient (Wildman–Crippen LogP) is 1.54. The molecule has 0 aromatic heterocycles. The normalized spacial score (nSPS) is 19.2. The van der Waals surface area contributed by atoms with Crippen LogP contribution >= 0.6 is 0 Å². The van der Waals surface area contributed by atoms with Crippen LogP contribution in [0.4, 0.5) is 0 Å². The van der Waals surface area contributed by atoms with Crippen LogP contribution in [0.2, 0.25) is 0 Å². The van der Waals surface area contributed by atoms with Gasteiger partial charge in [0.15, 0.2) is 0 Å². The quantitative estimate of drug-likeness (QED) is 0.298. The Morgan fingerprint density at radius 1 is 1.20 bits per heavy atom. The van der Waals surface area contributed by atoms with Crippen LogP contribution in [0.25, 0.3) is 0 Å². The van der Waals surface area contributed by atoms with Gasteiger partial charge in [0.05, 0.1) is 6.42 Å². The number of rotatable bonds is 0. The van der Waals surface area contributed by atoms with E-state index in [1.54, 1.807) is 0 Å². The molecular weight excluding hydrogens is 60.1 g/mol. The maximum Gasteiger partial charge on any atom is 0.106 e. The molecule has 0 N–H and O–H groups in total. The summed E-state index contributed by atoms with van der Waals surface area (Å²) in [5, 5.41) is 0. The molecule has 1 rings (SSSR count). The Bertz CT molecular complexity index is 38.0. The third-order valence-electron chi connectivity index (χ3n) is 0.772. The van der Waals surface area contributed by atoms with E-state index in [2.05, 4.69) is 18.6 Å². The molecule has 1 aliphatic carbocycles. The van der Waals surface area contributed by atoms with E-state index in [1.807, 2.05) is 0 Å². The van der Waals surface area contributed by atoms with Crippen LogP contribution in [-0.4, -0.2) is 0 Å². The Labute approximate surface area is 32.5 Å². The van der Waals surface area contributed by atoms with Gasteiger partial charge in [-0.1, -0.05) is 0 Å². The van der Waals surface area contributed by atoms with Crippen LogP contribution in [-0.2, 0) is 0 Å². The van der Waals surface area contributed by atoms with Gasteiger partial charge in [-0.05, 0) is 12.2 Å². The second kappa shape index (κ2) is 1.16. The summed E-state index contributed by atoms with van der Waals surface area (Å²) in [5.74, 6) is 0. The van der Waals surface area contributed by atoms with Crippen molar-refractivity contribution in [3.8, 4) is 0 Å². The molecule has 5 heavy (non-hydrogen) atoms. The van der Waals surface area contributed by atoms with Crippen molar-refractivity contribution in [3.05, 3.63) is 18.6 Å². The molecule has 0 radical (unpaired) electrons. The van der Waals surface area contributed by atoms with Crippen molar-refractivity contribution in [2.24, 2.45) is 0 Å². The SMILES string of the molecule is C1=CC[CH+]C1. The molecule has 0 unspecified atom stereocenters. The summed E-state index contributed by atoms with van der Waals surface area (Å²) in [7, 11) is 0. The zero-order chi connectivity index (χ0) is 3.54. The van der Waals surface area contributed by atoms with Gasteiger partial charge in [0.2, 0.25) is 0 Å². The molecular formula is C5H7+. The van der Waals surface area contributed by atoms with E-state index in [0.717, 1.165) is 0 Å². The first-order valence-corrected chi connectivity index (χ1v) is 1.97. The summed E-state index contributed by atoms with van der Waals surface area (Å²) < 4.78 is 0. The van der Waals surface area contributed by atoms with Gasteiger partial charge in [-0.2, -0.15) is 0 Å². The zero-order valence-corrected chi connectivity index (χ0v) is 3.15. The monoisotopic (exact) mass is 67.1 g/mol. The van der Waals surface area contributed by atoms with Crippen LogP contribution in [0.5, 0.6) is 0 Å². The Balaban J connectivity index is 2.32. The number of hydrogen-bond donors (Lipinski definition) is 0. The van der Waals surface area contributed by atoms with Crippen molar-refractivity contribution >= 4 is 0 Å². The maximum absolute atomic E-state index is 2.25. The van der Waals surface area contributed by atoms with Gasteiger partial charge >= 0.3 is 0 Å². The van der Waals surface area contributed by atoms with E-state index in [-0.39, 0.29) is 0 Å². The van der Waals surface area contributed by atoms with Crippen molar-refractivity contribution in [3.63, 3.8) is 0 Å². The first-order valence-electron chi connectivity index (χ1n) is 1.97. The second-order valence-electron chi connectivity index (χ2n) is 1.23. The molecule has 1 aliphatic rings. The first-order chi connectivity index (χ1) is 2.50. The Kier molecular flexibility index (Phi) is 0.654. The van der Waals surface area contributed by atoms with E-state index in [1.165, 1.54) is 12.8 Å². The van der Waals surface area contributed by atoms with Gasteiger partial charge in [-0.15, -0.1) is 0 Å². The third-order valence-corrected chi connectivity index (χ3v) is 0.772. The molecule has 0 heterocycles. The lowest BCUT2D eigenvalue weighted by Gasteiger charge is -1.56. The average molecular weight is 67.1 g/mol. The van der Waals surface area contributed by atoms with Crippen LogP contribution in [0.1, 0.15) is 12.8 Å². The maximum atomic E-state index is 2.25. The van der Waals surface area contributed by atoms with E-state index >= 15 is 0 Å². The van der Waals surface area contributed by atoms with Crippen molar-refractivity contribution < 1.29 is 0 Å². The highest BCUT2D eigenvalue weighted by molar-refractivity contribution is 4.98. The van der Waals surface area contributed by atoms with Gasteiger partial charge in [-0.25, -0.2) is 0 Å². The third kappa shape index (κ3) is 0.440. The fraction of sp³-hybridized carbons (Fsp3) is 0.400. The fourth-order valence-corrected chi connectivity index (χ4v) is 0.481. The lowest BCUT2D eigenvalue weighted by Crippen LogP contribution is -1.52. The summed E-state index contributed by atoms with van der Waals surface area (Å²) in [5.41, 5.74) is 0. The zero-order valence-electron chi connectivity index (χ0n) is 3.15. The molecule has 0 bridgehead atoms. The minimum atomic E-state index is 1.19. The minimum absolute atomic E-state index is 1.19. The topological polar surface area (TPSA) is 0 Å². The summed E-state index contributed by atoms with van der Waals surface area (Å²) in [6.45, 7) is 0. The van der Waals surface area contributed by atoms with E-state index < -0.39 is 0 Å². The largest absolute Gasteiger partial charge is 0.106 e. The van der Waals surface area contributed by atoms with Crippen molar-refractivity contribution in [2.75, 3.05) is 0 Å². The molecule has 26 valence electrons. The lowest BCUT2D eigenvalue weighted by molar-refractivity contribution is 1.20. The summed E-state index contributed by atoms with van der Waals surface area (Å²) in [6, 6.07) is 0. The van der Waals surface area contributed by atoms with Gasteiger partial charge in [0, 0.05) is 0 Å².